The van der Waals surface area contributed by atoms with E-state index < -0.39 is 0 Å². The van der Waals surface area contributed by atoms with Crippen molar-refractivity contribution < 1.29 is 14.5 Å². The van der Waals surface area contributed by atoms with Crippen molar-refractivity contribution in [2.75, 3.05) is 14.2 Å². The second-order valence-electron chi connectivity index (χ2n) is 6.52. The summed E-state index contributed by atoms with van der Waals surface area (Å²) in [5.74, 6) is -0.330. The molecule has 0 aliphatic carbocycles. The predicted octanol–water partition coefficient (Wildman–Crippen LogP) is 3.65. The average molecular weight is 381 g/mol. The van der Waals surface area contributed by atoms with Crippen molar-refractivity contribution in [2.45, 2.75) is 34.3 Å². The van der Waals surface area contributed by atoms with Gasteiger partial charge >= 0.3 is 0 Å². The van der Waals surface area contributed by atoms with E-state index in [0.29, 0.717) is 5.56 Å². The second kappa shape index (κ2) is 9.69. The van der Waals surface area contributed by atoms with Crippen LogP contribution in [-0.2, 0) is 21.1 Å². The van der Waals surface area contributed by atoms with Crippen LogP contribution in [-0.4, -0.2) is 31.5 Å². The SMILES string of the molecule is CNC(=O)/C(=N/OC)c1cccc(C)c1CO/N=C(\C)c1c(C)cccc1C. The molecule has 0 aliphatic rings. The van der Waals surface area contributed by atoms with Crippen molar-refractivity contribution in [3.8, 4) is 0 Å². The highest BCUT2D eigenvalue weighted by molar-refractivity contribution is 6.45. The Morgan fingerprint density at radius 3 is 2.21 bits per heavy atom. The van der Waals surface area contributed by atoms with Crippen molar-refractivity contribution in [1.82, 2.24) is 5.32 Å². The average Bonchev–Trinajstić information content (AvgIpc) is 2.66. The molecular weight excluding hydrogens is 354 g/mol. The fourth-order valence-electron chi connectivity index (χ4n) is 3.16. The number of nitrogens with one attached hydrogen (secondary N) is 1. The van der Waals surface area contributed by atoms with Gasteiger partial charge in [-0.05, 0) is 44.4 Å². The van der Waals surface area contributed by atoms with Gasteiger partial charge in [0.25, 0.3) is 5.91 Å². The molecule has 0 bridgehead atoms. The number of carbonyl (C=O) groups excluding carboxylic acids is 1. The zero-order chi connectivity index (χ0) is 20.7. The minimum Gasteiger partial charge on any atom is -0.398 e. The Balaban J connectivity index is 2.32. The molecule has 2 rings (SSSR count). The third kappa shape index (κ3) is 4.76. The number of hydrogen-bond donors (Lipinski definition) is 1. The molecule has 0 atom stereocenters. The molecule has 1 amide bonds. The Bertz CT molecular complexity index is 897. The van der Waals surface area contributed by atoms with Crippen LogP contribution in [0.2, 0.25) is 0 Å². The van der Waals surface area contributed by atoms with Crippen molar-refractivity contribution in [1.29, 1.82) is 0 Å². The maximum absolute atomic E-state index is 12.2. The minimum atomic E-state index is -0.330. The largest absolute Gasteiger partial charge is 0.398 e. The van der Waals surface area contributed by atoms with E-state index in [9.17, 15) is 4.79 Å². The van der Waals surface area contributed by atoms with Gasteiger partial charge in [-0.1, -0.05) is 46.7 Å². The maximum Gasteiger partial charge on any atom is 0.273 e. The molecule has 6 nitrogen and oxygen atoms in total. The Morgan fingerprint density at radius 2 is 1.61 bits per heavy atom. The van der Waals surface area contributed by atoms with E-state index in [-0.39, 0.29) is 18.2 Å². The molecule has 148 valence electrons. The molecule has 28 heavy (non-hydrogen) atoms. The third-order valence-electron chi connectivity index (χ3n) is 4.54. The Hall–Kier alpha value is -3.15. The highest BCUT2D eigenvalue weighted by Gasteiger charge is 2.19. The topological polar surface area (TPSA) is 72.3 Å². The van der Waals surface area contributed by atoms with E-state index in [1.165, 1.54) is 7.11 Å². The number of carbonyl (C=O) groups is 1. The van der Waals surface area contributed by atoms with E-state index in [0.717, 1.165) is 33.5 Å². The van der Waals surface area contributed by atoms with Gasteiger partial charge in [0.15, 0.2) is 5.71 Å². The van der Waals surface area contributed by atoms with E-state index in [4.69, 9.17) is 9.68 Å². The molecule has 0 fully saturated rings. The molecular formula is C22H27N3O3. The van der Waals surface area contributed by atoms with E-state index >= 15 is 0 Å². The summed E-state index contributed by atoms with van der Waals surface area (Å²) in [5, 5.41) is 10.8. The Morgan fingerprint density at radius 1 is 1.00 bits per heavy atom. The van der Waals surface area contributed by atoms with Crippen molar-refractivity contribution in [3.05, 3.63) is 69.8 Å². The molecule has 0 aromatic heterocycles. The number of hydrogen-bond acceptors (Lipinski definition) is 5. The van der Waals surface area contributed by atoms with Gasteiger partial charge in [0.1, 0.15) is 13.7 Å². The highest BCUT2D eigenvalue weighted by atomic mass is 16.6. The third-order valence-corrected chi connectivity index (χ3v) is 4.54. The number of oxime groups is 2. The molecule has 0 unspecified atom stereocenters. The fraction of sp³-hybridized carbons (Fsp3) is 0.318. The standard InChI is InChI=1S/C22H27N3O3/c1-14-9-8-12-18(21(25-27-6)22(26)23-5)19(14)13-28-24-17(4)20-15(2)10-7-11-16(20)3/h7-12H,13H2,1-6H3,(H,23,26)/b24-17+,25-21+. The number of benzene rings is 2. The zero-order valence-corrected chi connectivity index (χ0v) is 17.3. The van der Waals surface area contributed by atoms with Crippen molar-refractivity contribution in [3.63, 3.8) is 0 Å². The van der Waals surface area contributed by atoms with Gasteiger partial charge in [-0.25, -0.2) is 0 Å². The molecule has 2 aromatic rings. The predicted molar refractivity (Wildman–Crippen MR) is 112 cm³/mol. The van der Waals surface area contributed by atoms with Gasteiger partial charge in [-0.2, -0.15) is 0 Å². The first-order valence-corrected chi connectivity index (χ1v) is 9.05. The van der Waals surface area contributed by atoms with Crippen LogP contribution < -0.4 is 5.32 Å². The van der Waals surface area contributed by atoms with Crippen LogP contribution >= 0.6 is 0 Å². The van der Waals surface area contributed by atoms with Gasteiger partial charge < -0.3 is 15.0 Å². The first-order chi connectivity index (χ1) is 13.4. The second-order valence-corrected chi connectivity index (χ2v) is 6.52. The van der Waals surface area contributed by atoms with E-state index in [2.05, 4.69) is 41.6 Å². The van der Waals surface area contributed by atoms with Gasteiger partial charge in [0, 0.05) is 23.7 Å². The minimum absolute atomic E-state index is 0.197. The summed E-state index contributed by atoms with van der Waals surface area (Å²) in [5.41, 5.74) is 6.85. The quantitative estimate of drug-likeness (QED) is 0.588. The monoisotopic (exact) mass is 381 g/mol. The number of aryl methyl sites for hydroxylation is 3. The summed E-state index contributed by atoms with van der Waals surface area (Å²) in [6.45, 7) is 8.20. The maximum atomic E-state index is 12.2. The van der Waals surface area contributed by atoms with Crippen LogP contribution in [0.3, 0.4) is 0 Å². The van der Waals surface area contributed by atoms with Crippen molar-refractivity contribution >= 4 is 17.3 Å². The van der Waals surface area contributed by atoms with Crippen molar-refractivity contribution in [2.24, 2.45) is 10.3 Å². The zero-order valence-electron chi connectivity index (χ0n) is 17.3. The van der Waals surface area contributed by atoms with Crippen LogP contribution in [0, 0.1) is 20.8 Å². The lowest BCUT2D eigenvalue weighted by Crippen LogP contribution is -2.29. The number of nitrogens with zero attached hydrogens (tertiary/aromatic N) is 2. The molecule has 0 saturated carbocycles. The lowest BCUT2D eigenvalue weighted by Gasteiger charge is -2.13. The number of likely N-dealkylation sites (N-methyl/N-ethyl adjacent to an activating group) is 1. The van der Waals surface area contributed by atoms with Crippen LogP contribution in [0.15, 0.2) is 46.7 Å². The highest BCUT2D eigenvalue weighted by Crippen LogP contribution is 2.19. The summed E-state index contributed by atoms with van der Waals surface area (Å²) in [6.07, 6.45) is 0. The molecule has 0 spiro atoms. The smallest absolute Gasteiger partial charge is 0.273 e. The van der Waals surface area contributed by atoms with Crippen LogP contribution in [0.5, 0.6) is 0 Å². The van der Waals surface area contributed by atoms with Crippen LogP contribution in [0.25, 0.3) is 0 Å². The van der Waals surface area contributed by atoms with Gasteiger partial charge in [0.2, 0.25) is 0 Å². The first-order valence-electron chi connectivity index (χ1n) is 9.05. The van der Waals surface area contributed by atoms with Gasteiger partial charge in [-0.15, -0.1) is 0 Å². The Labute approximate surface area is 166 Å². The summed E-state index contributed by atoms with van der Waals surface area (Å²) >= 11 is 0. The van der Waals surface area contributed by atoms with Crippen LogP contribution in [0.1, 0.15) is 40.3 Å². The van der Waals surface area contributed by atoms with Gasteiger partial charge in [-0.3, -0.25) is 4.79 Å². The van der Waals surface area contributed by atoms with Crippen LogP contribution in [0.4, 0.5) is 0 Å². The molecule has 1 N–H and O–H groups in total. The molecule has 0 aliphatic heterocycles. The first kappa shape index (κ1) is 21.2. The van der Waals surface area contributed by atoms with E-state index in [1.807, 2.05) is 38.1 Å². The van der Waals surface area contributed by atoms with Gasteiger partial charge in [0.05, 0.1) is 5.71 Å². The molecule has 6 heteroatoms. The van der Waals surface area contributed by atoms with E-state index in [1.54, 1.807) is 7.05 Å². The number of amides is 1. The lowest BCUT2D eigenvalue weighted by atomic mass is 9.98. The summed E-state index contributed by atoms with van der Waals surface area (Å²) in [6, 6.07) is 11.8. The summed E-state index contributed by atoms with van der Waals surface area (Å²) in [7, 11) is 2.96. The Kier molecular flexibility index (Phi) is 7.32. The fourth-order valence-corrected chi connectivity index (χ4v) is 3.16. The summed E-state index contributed by atoms with van der Waals surface area (Å²) in [4.78, 5) is 22.7. The molecule has 0 radical (unpaired) electrons. The molecule has 0 heterocycles. The molecule has 2 aromatic carbocycles. The summed E-state index contributed by atoms with van der Waals surface area (Å²) < 4.78 is 0. The lowest BCUT2D eigenvalue weighted by molar-refractivity contribution is -0.114. The number of rotatable bonds is 7. The normalized spacial score (nSPS) is 11.9. The molecule has 0 saturated heterocycles.